The van der Waals surface area contributed by atoms with Crippen molar-refractivity contribution in [1.82, 2.24) is 9.88 Å². The lowest BCUT2D eigenvalue weighted by Gasteiger charge is -2.18. The van der Waals surface area contributed by atoms with Crippen LogP contribution in [-0.2, 0) is 11.2 Å². The lowest BCUT2D eigenvalue weighted by Crippen LogP contribution is -2.28. The average molecular weight is 243 g/mol. The number of anilines is 1. The summed E-state index contributed by atoms with van der Waals surface area (Å²) in [6.45, 7) is 1.83. The van der Waals surface area contributed by atoms with Crippen LogP contribution in [0.25, 0.3) is 0 Å². The number of carboxylic acids is 1. The molecule has 5 nitrogen and oxygen atoms in total. The number of thiazole rings is 1. The van der Waals surface area contributed by atoms with Crippen LogP contribution < -0.4 is 4.90 Å². The molecule has 0 fully saturated rings. The Hall–Kier alpha value is -1.14. The minimum Gasteiger partial charge on any atom is -0.481 e. The van der Waals surface area contributed by atoms with Gasteiger partial charge in [-0.2, -0.15) is 0 Å². The molecule has 0 radical (unpaired) electrons. The molecule has 1 aromatic rings. The van der Waals surface area contributed by atoms with E-state index < -0.39 is 5.97 Å². The molecule has 0 aromatic carbocycles. The van der Waals surface area contributed by atoms with Gasteiger partial charge >= 0.3 is 5.97 Å². The Bertz CT molecular complexity index is 352. The summed E-state index contributed by atoms with van der Waals surface area (Å²) < 4.78 is 0. The Balaban J connectivity index is 2.52. The summed E-state index contributed by atoms with van der Waals surface area (Å²) in [4.78, 5) is 18.9. The minimum atomic E-state index is -0.840. The fourth-order valence-corrected chi connectivity index (χ4v) is 1.97. The minimum absolute atomic E-state index is 0.00196. The summed E-state index contributed by atoms with van der Waals surface area (Å²) in [7, 11) is 6.00. The summed E-state index contributed by atoms with van der Waals surface area (Å²) >= 11 is 1.48. The molecular formula is C10H17N3O2S. The van der Waals surface area contributed by atoms with Crippen LogP contribution >= 0.6 is 11.3 Å². The topological polar surface area (TPSA) is 56.7 Å². The fraction of sp³-hybridized carbons (Fsp3) is 0.600. The van der Waals surface area contributed by atoms with Crippen LogP contribution in [0.2, 0.25) is 0 Å². The van der Waals surface area contributed by atoms with Gasteiger partial charge in [0.15, 0.2) is 5.13 Å². The highest BCUT2D eigenvalue weighted by Gasteiger charge is 2.09. The van der Waals surface area contributed by atoms with Crippen LogP contribution in [0.4, 0.5) is 5.13 Å². The Kier molecular flexibility index (Phi) is 4.70. The highest BCUT2D eigenvalue weighted by molar-refractivity contribution is 7.13. The van der Waals surface area contributed by atoms with E-state index in [2.05, 4.69) is 9.88 Å². The number of carboxylic acid groups (broad SMARTS) is 1. The van der Waals surface area contributed by atoms with E-state index in [-0.39, 0.29) is 6.42 Å². The summed E-state index contributed by atoms with van der Waals surface area (Å²) in [6.07, 6.45) is -0.00196. The number of hydrogen-bond acceptors (Lipinski definition) is 5. The molecule has 6 heteroatoms. The molecule has 1 N–H and O–H groups in total. The average Bonchev–Trinajstić information content (AvgIpc) is 2.61. The van der Waals surface area contributed by atoms with E-state index in [1.165, 1.54) is 11.3 Å². The van der Waals surface area contributed by atoms with Crippen molar-refractivity contribution in [1.29, 1.82) is 0 Å². The maximum absolute atomic E-state index is 10.5. The molecule has 0 saturated carbocycles. The van der Waals surface area contributed by atoms with Gasteiger partial charge in [0.1, 0.15) is 0 Å². The molecule has 16 heavy (non-hydrogen) atoms. The van der Waals surface area contributed by atoms with Gasteiger partial charge in [-0.1, -0.05) is 0 Å². The maximum Gasteiger partial charge on any atom is 0.309 e. The zero-order valence-corrected chi connectivity index (χ0v) is 10.6. The largest absolute Gasteiger partial charge is 0.481 e. The van der Waals surface area contributed by atoms with Crippen molar-refractivity contribution >= 4 is 22.4 Å². The standard InChI is InChI=1S/C10H17N3O2S/c1-12(2)4-5-13(3)10-11-8(7-16-10)6-9(14)15/h7H,4-6H2,1-3H3,(H,14,15). The Morgan fingerprint density at radius 3 is 2.69 bits per heavy atom. The Morgan fingerprint density at radius 1 is 1.44 bits per heavy atom. The van der Waals surface area contributed by atoms with Gasteiger partial charge in [0, 0.05) is 25.5 Å². The SMILES string of the molecule is CN(C)CCN(C)c1nc(CC(=O)O)cs1. The van der Waals surface area contributed by atoms with Crippen LogP contribution in [-0.4, -0.2) is 55.2 Å². The molecule has 0 amide bonds. The third kappa shape index (κ3) is 4.16. The first-order valence-electron chi connectivity index (χ1n) is 5.01. The summed E-state index contributed by atoms with van der Waals surface area (Å²) in [6, 6.07) is 0. The van der Waals surface area contributed by atoms with E-state index in [1.54, 1.807) is 5.38 Å². The lowest BCUT2D eigenvalue weighted by atomic mass is 10.3. The number of nitrogens with zero attached hydrogens (tertiary/aromatic N) is 3. The van der Waals surface area contributed by atoms with E-state index in [1.807, 2.05) is 26.0 Å². The molecular weight excluding hydrogens is 226 g/mol. The molecule has 1 heterocycles. The third-order valence-electron chi connectivity index (χ3n) is 2.08. The van der Waals surface area contributed by atoms with Gasteiger partial charge in [-0.3, -0.25) is 4.79 Å². The molecule has 0 aliphatic heterocycles. The van der Waals surface area contributed by atoms with E-state index in [9.17, 15) is 4.79 Å². The molecule has 0 unspecified atom stereocenters. The second-order valence-electron chi connectivity index (χ2n) is 3.92. The highest BCUT2D eigenvalue weighted by atomic mass is 32.1. The molecule has 0 bridgehead atoms. The normalized spacial score (nSPS) is 10.8. The second kappa shape index (κ2) is 5.81. The summed E-state index contributed by atoms with van der Waals surface area (Å²) in [5, 5.41) is 11.3. The van der Waals surface area contributed by atoms with Gasteiger partial charge in [-0.05, 0) is 14.1 Å². The first kappa shape index (κ1) is 12.9. The molecule has 90 valence electrons. The van der Waals surface area contributed by atoms with Crippen LogP contribution in [0.15, 0.2) is 5.38 Å². The molecule has 0 aliphatic carbocycles. The van der Waals surface area contributed by atoms with Crippen molar-refractivity contribution in [3.8, 4) is 0 Å². The predicted octanol–water partition coefficient (Wildman–Crippen LogP) is 0.768. The Labute approximate surface area is 99.3 Å². The smallest absolute Gasteiger partial charge is 0.309 e. The molecule has 0 atom stereocenters. The van der Waals surface area contributed by atoms with Gasteiger partial charge < -0.3 is 14.9 Å². The van der Waals surface area contributed by atoms with Crippen LogP contribution in [0.5, 0.6) is 0 Å². The third-order valence-corrected chi connectivity index (χ3v) is 3.08. The monoisotopic (exact) mass is 243 g/mol. The first-order chi connectivity index (χ1) is 7.49. The van der Waals surface area contributed by atoms with E-state index >= 15 is 0 Å². The van der Waals surface area contributed by atoms with Gasteiger partial charge in [-0.15, -0.1) is 11.3 Å². The lowest BCUT2D eigenvalue weighted by molar-refractivity contribution is -0.136. The van der Waals surface area contributed by atoms with Crippen molar-refractivity contribution in [2.24, 2.45) is 0 Å². The van der Waals surface area contributed by atoms with Crippen molar-refractivity contribution in [2.75, 3.05) is 39.1 Å². The number of likely N-dealkylation sites (N-methyl/N-ethyl adjacent to an activating group) is 2. The van der Waals surface area contributed by atoms with Gasteiger partial charge in [0.2, 0.25) is 0 Å². The highest BCUT2D eigenvalue weighted by Crippen LogP contribution is 2.19. The number of hydrogen-bond donors (Lipinski definition) is 1. The molecule has 0 spiro atoms. The molecule has 0 aliphatic rings. The number of aromatic nitrogens is 1. The van der Waals surface area contributed by atoms with E-state index in [0.717, 1.165) is 18.2 Å². The Morgan fingerprint density at radius 2 is 2.12 bits per heavy atom. The van der Waals surface area contributed by atoms with Gasteiger partial charge in [0.05, 0.1) is 12.1 Å². The molecule has 0 saturated heterocycles. The summed E-state index contributed by atoms with van der Waals surface area (Å²) in [5.74, 6) is -0.840. The van der Waals surface area contributed by atoms with E-state index in [0.29, 0.717) is 5.69 Å². The van der Waals surface area contributed by atoms with Crippen LogP contribution in [0.1, 0.15) is 5.69 Å². The number of aliphatic carboxylic acids is 1. The van der Waals surface area contributed by atoms with Crippen molar-refractivity contribution in [3.05, 3.63) is 11.1 Å². The quantitative estimate of drug-likeness (QED) is 0.799. The van der Waals surface area contributed by atoms with Gasteiger partial charge in [0.25, 0.3) is 0 Å². The second-order valence-corrected chi connectivity index (χ2v) is 4.75. The fourth-order valence-electron chi connectivity index (χ4n) is 1.15. The summed E-state index contributed by atoms with van der Waals surface area (Å²) in [5.41, 5.74) is 0.629. The molecule has 1 rings (SSSR count). The maximum atomic E-state index is 10.5. The van der Waals surface area contributed by atoms with Gasteiger partial charge in [-0.25, -0.2) is 4.98 Å². The number of rotatable bonds is 6. The van der Waals surface area contributed by atoms with Crippen LogP contribution in [0, 0.1) is 0 Å². The van der Waals surface area contributed by atoms with Crippen molar-refractivity contribution in [3.63, 3.8) is 0 Å². The zero-order chi connectivity index (χ0) is 12.1. The van der Waals surface area contributed by atoms with E-state index in [4.69, 9.17) is 5.11 Å². The van der Waals surface area contributed by atoms with Crippen molar-refractivity contribution < 1.29 is 9.90 Å². The predicted molar refractivity (Wildman–Crippen MR) is 65.3 cm³/mol. The first-order valence-corrected chi connectivity index (χ1v) is 5.89. The number of carbonyl (C=O) groups is 1. The van der Waals surface area contributed by atoms with Crippen LogP contribution in [0.3, 0.4) is 0 Å². The zero-order valence-electron chi connectivity index (χ0n) is 9.80. The molecule has 1 aromatic heterocycles. The van der Waals surface area contributed by atoms with Crippen molar-refractivity contribution in [2.45, 2.75) is 6.42 Å².